The minimum atomic E-state index is -4.97. The van der Waals surface area contributed by atoms with Crippen molar-refractivity contribution in [2.75, 3.05) is 39.6 Å². The van der Waals surface area contributed by atoms with E-state index in [0.717, 1.165) is 154 Å². The van der Waals surface area contributed by atoms with E-state index in [0.29, 0.717) is 25.7 Å². The van der Waals surface area contributed by atoms with Crippen LogP contribution in [0, 0.1) is 0 Å². The highest BCUT2D eigenvalue weighted by Gasteiger charge is 2.30. The Morgan fingerprint density at radius 1 is 0.309 bits per heavy atom. The second-order valence-corrected chi connectivity index (χ2v) is 28.1. The maximum absolute atomic E-state index is 13.1. The van der Waals surface area contributed by atoms with Crippen LogP contribution in [-0.2, 0) is 65.4 Å². The van der Waals surface area contributed by atoms with Gasteiger partial charge < -0.3 is 33.8 Å². The summed E-state index contributed by atoms with van der Waals surface area (Å²) in [6, 6.07) is 0. The highest BCUT2D eigenvalue weighted by Crippen LogP contribution is 2.45. The van der Waals surface area contributed by atoms with E-state index in [4.69, 9.17) is 37.0 Å². The summed E-state index contributed by atoms with van der Waals surface area (Å²) >= 11 is 0. The highest BCUT2D eigenvalue weighted by atomic mass is 31.2. The number of aliphatic hydroxyl groups excluding tert-OH is 1. The van der Waals surface area contributed by atoms with Crippen LogP contribution in [0.3, 0.4) is 0 Å². The normalized spacial score (nSPS) is 14.3. The van der Waals surface area contributed by atoms with E-state index in [1.54, 1.807) is 0 Å². The lowest BCUT2D eigenvalue weighted by Gasteiger charge is -2.21. The number of aliphatic hydroxyl groups is 1. The Kier molecular flexibility index (Phi) is 65.9. The van der Waals surface area contributed by atoms with Crippen molar-refractivity contribution in [1.29, 1.82) is 0 Å². The smallest absolute Gasteiger partial charge is 0.462 e. The fourth-order valence-corrected chi connectivity index (χ4v) is 11.9. The summed E-state index contributed by atoms with van der Waals surface area (Å²) in [6.45, 7) is 4.70. The van der Waals surface area contributed by atoms with Crippen LogP contribution in [0.1, 0.15) is 336 Å². The number of carbonyl (C=O) groups excluding carboxylic acids is 4. The number of allylic oxidation sites excluding steroid dienone is 10. The molecule has 548 valence electrons. The van der Waals surface area contributed by atoms with Gasteiger partial charge in [0.1, 0.15) is 19.3 Å². The number of unbranched alkanes of at least 4 members (excludes halogenated alkanes) is 35. The number of esters is 4. The zero-order valence-electron chi connectivity index (χ0n) is 59.6. The molecule has 0 spiro atoms. The van der Waals surface area contributed by atoms with Crippen molar-refractivity contribution in [3.63, 3.8) is 0 Å². The van der Waals surface area contributed by atoms with Crippen LogP contribution in [0.2, 0.25) is 0 Å². The van der Waals surface area contributed by atoms with E-state index in [9.17, 15) is 43.2 Å². The van der Waals surface area contributed by atoms with Gasteiger partial charge in [-0.25, -0.2) is 9.13 Å². The lowest BCUT2D eigenvalue weighted by atomic mass is 10.0. The molecule has 0 rings (SSSR count). The molecule has 5 atom stereocenters. The van der Waals surface area contributed by atoms with Gasteiger partial charge in [0.2, 0.25) is 0 Å². The Morgan fingerprint density at radius 3 is 0.894 bits per heavy atom. The van der Waals surface area contributed by atoms with Crippen LogP contribution >= 0.6 is 15.6 Å². The fourth-order valence-electron chi connectivity index (χ4n) is 10.3. The van der Waals surface area contributed by atoms with Gasteiger partial charge in [-0.3, -0.25) is 37.3 Å². The Labute approximate surface area is 571 Å². The van der Waals surface area contributed by atoms with Crippen molar-refractivity contribution in [2.24, 2.45) is 0 Å². The average Bonchev–Trinajstić information content (AvgIpc) is 1.36. The molecule has 0 bridgehead atoms. The van der Waals surface area contributed by atoms with Crippen molar-refractivity contribution in [3.05, 3.63) is 60.8 Å². The van der Waals surface area contributed by atoms with Crippen LogP contribution < -0.4 is 0 Å². The van der Waals surface area contributed by atoms with Crippen LogP contribution in [0.5, 0.6) is 0 Å². The van der Waals surface area contributed by atoms with Crippen molar-refractivity contribution < 1.29 is 80.2 Å². The van der Waals surface area contributed by atoms with Gasteiger partial charge in [-0.05, 0) is 83.5 Å². The molecule has 5 unspecified atom stereocenters. The summed E-state index contributed by atoms with van der Waals surface area (Å²) in [5.41, 5.74) is 0. The van der Waals surface area contributed by atoms with E-state index in [-0.39, 0.29) is 25.7 Å². The largest absolute Gasteiger partial charge is 0.472 e. The summed E-state index contributed by atoms with van der Waals surface area (Å²) in [5, 5.41) is 10.6. The molecular weight excluding hydrogens is 1230 g/mol. The number of ether oxygens (including phenoxy) is 4. The number of phosphoric acid groups is 2. The number of phosphoric ester groups is 2. The van der Waals surface area contributed by atoms with E-state index >= 15 is 0 Å². The molecular formula is C75H136O17P2. The molecule has 94 heavy (non-hydrogen) atoms. The number of carbonyl (C=O) groups is 4. The monoisotopic (exact) mass is 1370 g/mol. The van der Waals surface area contributed by atoms with Crippen molar-refractivity contribution >= 4 is 39.5 Å². The van der Waals surface area contributed by atoms with E-state index < -0.39 is 97.5 Å². The summed E-state index contributed by atoms with van der Waals surface area (Å²) < 4.78 is 68.4. The first-order chi connectivity index (χ1) is 45.7. The van der Waals surface area contributed by atoms with Gasteiger partial charge >= 0.3 is 39.5 Å². The lowest BCUT2D eigenvalue weighted by molar-refractivity contribution is -0.161. The van der Waals surface area contributed by atoms with Gasteiger partial charge in [0.25, 0.3) is 0 Å². The Bertz CT molecular complexity index is 2030. The van der Waals surface area contributed by atoms with Crippen molar-refractivity contribution in [3.8, 4) is 0 Å². The third kappa shape index (κ3) is 67.3. The minimum Gasteiger partial charge on any atom is -0.462 e. The molecule has 19 heteroatoms. The molecule has 0 aromatic heterocycles. The highest BCUT2D eigenvalue weighted by molar-refractivity contribution is 7.47. The standard InChI is InChI=1S/C75H136O17P2/c1-5-9-13-17-21-25-29-32-34-37-41-44-48-52-56-60-73(78)86-66-71(92-75(80)62-58-54-50-46-42-38-35-33-30-26-22-18-14-10-6-2)68-90-94(83,84)88-64-69(76)63-87-93(81,82)89-67-70(91-74(79)61-57-53-49-45-39-28-24-20-16-12-8-4)65-85-72(77)59-55-51-47-43-40-36-31-27-23-19-15-11-7-3/h9,13,15,19,21,25,27,31-32,34,69-71,76H,5-8,10-12,14,16-18,20,22-24,26,28-30,33,35-68H2,1-4H3,(H,81,82)(H,83,84)/b13-9-,19-15-,25-21-,31-27-,34-32-. The molecule has 0 heterocycles. The van der Waals surface area contributed by atoms with Gasteiger partial charge in [-0.15, -0.1) is 0 Å². The predicted molar refractivity (Wildman–Crippen MR) is 381 cm³/mol. The Morgan fingerprint density at radius 2 is 0.574 bits per heavy atom. The van der Waals surface area contributed by atoms with Crippen molar-refractivity contribution in [2.45, 2.75) is 354 Å². The number of rotatable bonds is 71. The molecule has 0 aromatic carbocycles. The fraction of sp³-hybridized carbons (Fsp3) is 0.813. The van der Waals surface area contributed by atoms with E-state index in [2.05, 4.69) is 88.5 Å². The first-order valence-electron chi connectivity index (χ1n) is 37.5. The molecule has 0 aromatic rings. The summed E-state index contributed by atoms with van der Waals surface area (Å²) in [5.74, 6) is -2.18. The minimum absolute atomic E-state index is 0.0975. The van der Waals surface area contributed by atoms with Crippen LogP contribution in [0.4, 0.5) is 0 Å². The number of hydrogen-bond acceptors (Lipinski definition) is 15. The zero-order valence-corrected chi connectivity index (χ0v) is 61.4. The molecule has 0 radical (unpaired) electrons. The summed E-state index contributed by atoms with van der Waals surface area (Å²) in [7, 11) is -9.93. The van der Waals surface area contributed by atoms with Crippen molar-refractivity contribution in [1.82, 2.24) is 0 Å². The topological polar surface area (TPSA) is 237 Å². The first-order valence-corrected chi connectivity index (χ1v) is 40.5. The maximum atomic E-state index is 13.1. The van der Waals surface area contributed by atoms with Crippen LogP contribution in [0.25, 0.3) is 0 Å². The molecule has 0 fully saturated rings. The second kappa shape index (κ2) is 68.3. The van der Waals surface area contributed by atoms with E-state index in [1.807, 2.05) is 0 Å². The lowest BCUT2D eigenvalue weighted by Crippen LogP contribution is -2.30. The summed E-state index contributed by atoms with van der Waals surface area (Å²) in [6.07, 6.45) is 65.0. The molecule has 0 aliphatic heterocycles. The van der Waals surface area contributed by atoms with Crippen LogP contribution in [-0.4, -0.2) is 96.7 Å². The van der Waals surface area contributed by atoms with Gasteiger partial charge in [-0.2, -0.15) is 0 Å². The third-order valence-corrected chi connectivity index (χ3v) is 17.9. The number of hydrogen-bond donors (Lipinski definition) is 3. The first kappa shape index (κ1) is 90.8. The molecule has 17 nitrogen and oxygen atoms in total. The molecule has 0 saturated carbocycles. The second-order valence-electron chi connectivity index (χ2n) is 25.2. The van der Waals surface area contributed by atoms with Gasteiger partial charge in [0.05, 0.1) is 26.4 Å². The van der Waals surface area contributed by atoms with Crippen LogP contribution in [0.15, 0.2) is 60.8 Å². The van der Waals surface area contributed by atoms with E-state index in [1.165, 1.54) is 103 Å². The SMILES string of the molecule is CC/C=C\C/C=C\C/C=C\CCCCCCCC(=O)OCC(COP(=O)(O)OCC(O)COP(=O)(O)OCC(COC(=O)CCCCCCC/C=C\C/C=C\CCC)OC(=O)CCCCCCCCCCCCC)OC(=O)CCCCCCCCCCCCCCCCC. The van der Waals surface area contributed by atoms with Gasteiger partial charge in [0, 0.05) is 25.7 Å². The Balaban J connectivity index is 5.31. The molecule has 3 N–H and O–H groups in total. The molecule has 0 aliphatic carbocycles. The zero-order chi connectivity index (χ0) is 69.0. The average molecular weight is 1370 g/mol. The van der Waals surface area contributed by atoms with Gasteiger partial charge in [0.15, 0.2) is 12.2 Å². The predicted octanol–water partition coefficient (Wildman–Crippen LogP) is 21.1. The summed E-state index contributed by atoms with van der Waals surface area (Å²) in [4.78, 5) is 72.7. The maximum Gasteiger partial charge on any atom is 0.472 e. The molecule has 0 amide bonds. The Hall–Kier alpha value is -3.24. The third-order valence-electron chi connectivity index (χ3n) is 16.0. The molecule has 0 aliphatic rings. The van der Waals surface area contributed by atoms with Gasteiger partial charge in [-0.1, -0.05) is 288 Å². The quantitative estimate of drug-likeness (QED) is 0.0169. The molecule has 0 saturated heterocycles.